The number of amides is 2. The molecule has 0 aliphatic heterocycles. The van der Waals surface area contributed by atoms with Gasteiger partial charge in [-0.05, 0) is 48.2 Å². The number of carbonyl (C=O) groups excluding carboxylic acids is 1. The van der Waals surface area contributed by atoms with Gasteiger partial charge in [-0.2, -0.15) is 0 Å². The molecule has 2 amide bonds. The van der Waals surface area contributed by atoms with E-state index in [1.807, 2.05) is 30.3 Å². The van der Waals surface area contributed by atoms with Crippen molar-refractivity contribution >= 4 is 33.3 Å². The smallest absolute Gasteiger partial charge is 0.308 e. The van der Waals surface area contributed by atoms with Gasteiger partial charge in [0.2, 0.25) is 0 Å². The Morgan fingerprint density at radius 3 is 2.05 bits per heavy atom. The fourth-order valence-corrected chi connectivity index (χ4v) is 2.48. The van der Waals surface area contributed by atoms with E-state index < -0.39 is 0 Å². The summed E-state index contributed by atoms with van der Waals surface area (Å²) in [7, 11) is 0. The van der Waals surface area contributed by atoms with Gasteiger partial charge >= 0.3 is 6.03 Å². The lowest BCUT2D eigenvalue weighted by Crippen LogP contribution is -2.21. The summed E-state index contributed by atoms with van der Waals surface area (Å²) in [5.74, 6) is 0. The first-order chi connectivity index (χ1) is 10.1. The topological polar surface area (TPSA) is 41.1 Å². The van der Waals surface area contributed by atoms with Gasteiger partial charge in [0.15, 0.2) is 0 Å². The van der Waals surface area contributed by atoms with Gasteiger partial charge in [0.05, 0.1) is 0 Å². The van der Waals surface area contributed by atoms with Crippen molar-refractivity contribution in [1.29, 1.82) is 0 Å². The number of hydrogen-bond donors (Lipinski definition) is 2. The number of nitrogens with one attached hydrogen (secondary N) is 2. The van der Waals surface area contributed by atoms with Gasteiger partial charge in [0.1, 0.15) is 0 Å². The van der Waals surface area contributed by atoms with Gasteiger partial charge in [-0.15, -0.1) is 0 Å². The number of anilines is 2. The molecule has 2 rings (SSSR count). The van der Waals surface area contributed by atoms with Gasteiger partial charge in [-0.1, -0.05) is 48.0 Å². The average molecular weight is 347 g/mol. The zero-order chi connectivity index (χ0) is 15.2. The van der Waals surface area contributed by atoms with Crippen molar-refractivity contribution in [3.63, 3.8) is 0 Å². The van der Waals surface area contributed by atoms with E-state index in [1.165, 1.54) is 0 Å². The minimum absolute atomic E-state index is 0.215. The van der Waals surface area contributed by atoms with Crippen LogP contribution in [0, 0.1) is 0 Å². The number of aryl methyl sites for hydroxylation is 2. The molecule has 0 bridgehead atoms. The number of rotatable bonds is 4. The maximum Gasteiger partial charge on any atom is 0.323 e. The Hall–Kier alpha value is -1.81. The van der Waals surface area contributed by atoms with Crippen molar-refractivity contribution in [2.75, 3.05) is 10.6 Å². The SMILES string of the molecule is CCc1cccc(CC)c1NC(=O)Nc1ccc(Br)cc1. The molecule has 2 aromatic rings. The fourth-order valence-electron chi connectivity index (χ4n) is 2.21. The zero-order valence-electron chi connectivity index (χ0n) is 12.2. The monoisotopic (exact) mass is 346 g/mol. The van der Waals surface area contributed by atoms with Crippen molar-refractivity contribution in [1.82, 2.24) is 0 Å². The molecule has 0 aliphatic rings. The molecule has 21 heavy (non-hydrogen) atoms. The molecule has 3 nitrogen and oxygen atoms in total. The van der Waals surface area contributed by atoms with E-state index in [-0.39, 0.29) is 6.03 Å². The van der Waals surface area contributed by atoms with Crippen LogP contribution >= 0.6 is 15.9 Å². The molecule has 0 aromatic heterocycles. The molecule has 0 spiro atoms. The van der Waals surface area contributed by atoms with Crippen LogP contribution in [0.5, 0.6) is 0 Å². The quantitative estimate of drug-likeness (QED) is 0.782. The highest BCUT2D eigenvalue weighted by atomic mass is 79.9. The molecule has 0 aliphatic carbocycles. The summed E-state index contributed by atoms with van der Waals surface area (Å²) in [5, 5.41) is 5.83. The second-order valence-corrected chi connectivity index (χ2v) is 5.66. The fraction of sp³-hybridized carbons (Fsp3) is 0.235. The summed E-state index contributed by atoms with van der Waals surface area (Å²) in [5.41, 5.74) is 4.00. The van der Waals surface area contributed by atoms with Crippen molar-refractivity contribution in [3.8, 4) is 0 Å². The molecule has 2 N–H and O–H groups in total. The standard InChI is InChI=1S/C17H19BrN2O/c1-3-12-6-5-7-13(4-2)16(12)20-17(21)19-15-10-8-14(18)9-11-15/h5-11H,3-4H2,1-2H3,(H2,19,20,21). The van der Waals surface area contributed by atoms with E-state index in [9.17, 15) is 4.79 Å². The Morgan fingerprint density at radius 1 is 0.952 bits per heavy atom. The molecule has 0 unspecified atom stereocenters. The summed E-state index contributed by atoms with van der Waals surface area (Å²) in [6.45, 7) is 4.18. The maximum atomic E-state index is 12.2. The zero-order valence-corrected chi connectivity index (χ0v) is 13.8. The summed E-state index contributed by atoms with van der Waals surface area (Å²) in [6.07, 6.45) is 1.78. The van der Waals surface area contributed by atoms with E-state index in [1.54, 1.807) is 0 Å². The van der Waals surface area contributed by atoms with E-state index in [0.29, 0.717) is 0 Å². The van der Waals surface area contributed by atoms with Crippen LogP contribution in [0.4, 0.5) is 16.2 Å². The minimum Gasteiger partial charge on any atom is -0.308 e. The van der Waals surface area contributed by atoms with Crippen LogP contribution < -0.4 is 10.6 Å². The van der Waals surface area contributed by atoms with Crippen LogP contribution in [0.15, 0.2) is 46.9 Å². The average Bonchev–Trinajstić information content (AvgIpc) is 2.49. The number of carbonyl (C=O) groups is 1. The number of benzene rings is 2. The van der Waals surface area contributed by atoms with Gasteiger partial charge < -0.3 is 10.6 Å². The Labute approximate surface area is 133 Å². The number of urea groups is 1. The van der Waals surface area contributed by atoms with E-state index >= 15 is 0 Å². The third kappa shape index (κ3) is 4.08. The van der Waals surface area contributed by atoms with Crippen LogP contribution in [0.3, 0.4) is 0 Å². The predicted octanol–water partition coefficient (Wildman–Crippen LogP) is 5.22. The third-order valence-corrected chi connectivity index (χ3v) is 3.87. The van der Waals surface area contributed by atoms with E-state index in [4.69, 9.17) is 0 Å². The van der Waals surface area contributed by atoms with E-state index in [0.717, 1.165) is 39.8 Å². The second-order valence-electron chi connectivity index (χ2n) is 4.74. The van der Waals surface area contributed by atoms with Crippen molar-refractivity contribution in [3.05, 3.63) is 58.1 Å². The van der Waals surface area contributed by atoms with E-state index in [2.05, 4.69) is 52.5 Å². The first kappa shape index (κ1) is 15.6. The Kier molecular flexibility index (Phi) is 5.39. The molecular formula is C17H19BrN2O. The van der Waals surface area contributed by atoms with Crippen molar-refractivity contribution in [2.45, 2.75) is 26.7 Å². The largest absolute Gasteiger partial charge is 0.323 e. The molecule has 4 heteroatoms. The number of hydrogen-bond acceptors (Lipinski definition) is 1. The molecular weight excluding hydrogens is 328 g/mol. The summed E-state index contributed by atoms with van der Waals surface area (Å²) < 4.78 is 0.984. The normalized spacial score (nSPS) is 10.2. The van der Waals surface area contributed by atoms with Crippen LogP contribution in [0.2, 0.25) is 0 Å². The van der Waals surface area contributed by atoms with Gasteiger partial charge in [-0.25, -0.2) is 4.79 Å². The van der Waals surface area contributed by atoms with Crippen molar-refractivity contribution in [2.24, 2.45) is 0 Å². The highest BCUT2D eigenvalue weighted by molar-refractivity contribution is 9.10. The predicted molar refractivity (Wildman–Crippen MR) is 92.0 cm³/mol. The first-order valence-corrected chi connectivity index (χ1v) is 7.87. The molecule has 0 saturated carbocycles. The first-order valence-electron chi connectivity index (χ1n) is 7.08. The van der Waals surface area contributed by atoms with Crippen LogP contribution in [0.1, 0.15) is 25.0 Å². The highest BCUT2D eigenvalue weighted by Gasteiger charge is 2.10. The van der Waals surface area contributed by atoms with Gasteiger partial charge in [0, 0.05) is 15.8 Å². The number of halogens is 1. The Bertz CT molecular complexity index is 601. The minimum atomic E-state index is -0.215. The maximum absolute atomic E-state index is 12.2. The molecule has 110 valence electrons. The summed E-state index contributed by atoms with van der Waals surface area (Å²) >= 11 is 3.37. The van der Waals surface area contributed by atoms with Crippen LogP contribution in [0.25, 0.3) is 0 Å². The third-order valence-electron chi connectivity index (χ3n) is 3.34. The Morgan fingerprint density at radius 2 is 1.52 bits per heavy atom. The lowest BCUT2D eigenvalue weighted by Gasteiger charge is -2.15. The molecule has 0 fully saturated rings. The highest BCUT2D eigenvalue weighted by Crippen LogP contribution is 2.23. The summed E-state index contributed by atoms with van der Waals surface area (Å²) in [6, 6.07) is 13.4. The molecule has 2 aromatic carbocycles. The van der Waals surface area contributed by atoms with Gasteiger partial charge in [-0.3, -0.25) is 0 Å². The molecule has 0 radical (unpaired) electrons. The van der Waals surface area contributed by atoms with Crippen LogP contribution in [-0.4, -0.2) is 6.03 Å². The molecule has 0 saturated heterocycles. The lowest BCUT2D eigenvalue weighted by molar-refractivity contribution is 0.262. The summed E-state index contributed by atoms with van der Waals surface area (Å²) in [4.78, 5) is 12.2. The lowest BCUT2D eigenvalue weighted by atomic mass is 10.0. The van der Waals surface area contributed by atoms with Crippen LogP contribution in [-0.2, 0) is 12.8 Å². The molecule has 0 heterocycles. The van der Waals surface area contributed by atoms with Crippen molar-refractivity contribution < 1.29 is 4.79 Å². The van der Waals surface area contributed by atoms with Gasteiger partial charge in [0.25, 0.3) is 0 Å². The second kappa shape index (κ2) is 7.27. The number of para-hydroxylation sites is 1. The Balaban J connectivity index is 2.14. The molecule has 0 atom stereocenters.